The van der Waals surface area contributed by atoms with Gasteiger partial charge in [-0.1, -0.05) is 23.3 Å². The summed E-state index contributed by atoms with van der Waals surface area (Å²) in [6.45, 7) is 3.57. The normalized spacial score (nSPS) is 12.9. The molecule has 0 heterocycles. The number of benzene rings is 1. The molecule has 1 amide bonds. The second-order valence-electron chi connectivity index (χ2n) is 4.47. The molecule has 0 saturated carbocycles. The van der Waals surface area contributed by atoms with Gasteiger partial charge in [0.25, 0.3) is 5.91 Å². The third-order valence-corrected chi connectivity index (χ3v) is 3.00. The Morgan fingerprint density at radius 1 is 1.50 bits per heavy atom. The molecule has 1 aromatic rings. The van der Waals surface area contributed by atoms with Crippen LogP contribution in [0.25, 0.3) is 6.08 Å². The maximum atomic E-state index is 10.8. The summed E-state index contributed by atoms with van der Waals surface area (Å²) >= 11 is 6.14. The molecule has 0 aliphatic rings. The van der Waals surface area contributed by atoms with E-state index < -0.39 is 5.91 Å². The Hall–Kier alpha value is -1.72. The first-order valence-electron chi connectivity index (χ1n) is 6.07. The molecule has 20 heavy (non-hydrogen) atoms. The molecule has 0 fully saturated rings. The van der Waals surface area contributed by atoms with Gasteiger partial charge in [-0.25, -0.2) is 0 Å². The Kier molecular flexibility index (Phi) is 5.85. The predicted octanol–water partition coefficient (Wildman–Crippen LogP) is 1.96. The van der Waals surface area contributed by atoms with Crippen LogP contribution >= 0.6 is 11.6 Å². The molecule has 0 saturated heterocycles. The van der Waals surface area contributed by atoms with Crippen molar-refractivity contribution < 1.29 is 14.3 Å². The van der Waals surface area contributed by atoms with Crippen molar-refractivity contribution in [2.75, 3.05) is 13.7 Å². The Bertz CT molecular complexity index is 527. The number of primary amides is 1. The molecule has 4 N–H and O–H groups in total. The number of ether oxygens (including phenoxy) is 2. The van der Waals surface area contributed by atoms with Gasteiger partial charge < -0.3 is 20.9 Å². The molecular weight excluding hydrogens is 280 g/mol. The third kappa shape index (κ3) is 4.43. The number of amides is 1. The fraction of sp³-hybridized carbons (Fsp3) is 0.357. The second-order valence-corrected chi connectivity index (χ2v) is 4.87. The van der Waals surface area contributed by atoms with Gasteiger partial charge in [-0.15, -0.1) is 0 Å². The maximum Gasteiger partial charge on any atom is 0.255 e. The van der Waals surface area contributed by atoms with Gasteiger partial charge in [-0.05, 0) is 31.5 Å². The molecule has 0 aliphatic carbocycles. The van der Waals surface area contributed by atoms with Crippen molar-refractivity contribution in [3.63, 3.8) is 0 Å². The quantitative estimate of drug-likeness (QED) is 0.840. The minimum absolute atomic E-state index is 0.0504. The number of hydrogen-bond acceptors (Lipinski definition) is 4. The standard InChI is InChI=1S/C14H19ClN2O3/c1-8(9(2)16)4-10-5-11(15)14(12(6-10)19-3)20-7-13(17)18/h4-6,9H,7,16H2,1-3H3,(H2,17,18)/b8-4-. The molecular formula is C14H19ClN2O3. The van der Waals surface area contributed by atoms with Crippen molar-refractivity contribution in [2.24, 2.45) is 11.5 Å². The Balaban J connectivity index is 3.13. The van der Waals surface area contributed by atoms with E-state index in [9.17, 15) is 4.79 Å². The maximum absolute atomic E-state index is 10.8. The first kappa shape index (κ1) is 16.3. The molecule has 5 nitrogen and oxygen atoms in total. The summed E-state index contributed by atoms with van der Waals surface area (Å²) in [6.07, 6.45) is 1.91. The van der Waals surface area contributed by atoms with Crippen LogP contribution < -0.4 is 20.9 Å². The number of hydrogen-bond donors (Lipinski definition) is 2. The number of halogens is 1. The van der Waals surface area contributed by atoms with Crippen LogP contribution in [0.2, 0.25) is 5.02 Å². The number of methoxy groups -OCH3 is 1. The van der Waals surface area contributed by atoms with E-state index in [0.29, 0.717) is 16.5 Å². The highest BCUT2D eigenvalue weighted by Crippen LogP contribution is 2.37. The number of nitrogens with two attached hydrogens (primary N) is 2. The molecule has 1 unspecified atom stereocenters. The van der Waals surface area contributed by atoms with Crippen LogP contribution in [0.1, 0.15) is 19.4 Å². The average Bonchev–Trinajstić information content (AvgIpc) is 2.36. The Morgan fingerprint density at radius 2 is 2.15 bits per heavy atom. The molecule has 110 valence electrons. The van der Waals surface area contributed by atoms with Crippen LogP contribution in [0.5, 0.6) is 11.5 Å². The number of rotatable bonds is 6. The molecule has 0 spiro atoms. The van der Waals surface area contributed by atoms with Crippen LogP contribution in [0.15, 0.2) is 17.7 Å². The van der Waals surface area contributed by atoms with Crippen molar-refractivity contribution in [2.45, 2.75) is 19.9 Å². The summed E-state index contributed by atoms with van der Waals surface area (Å²) in [5.41, 5.74) is 12.7. The smallest absolute Gasteiger partial charge is 0.255 e. The molecule has 6 heteroatoms. The van der Waals surface area contributed by atoms with Gasteiger partial charge in [0.05, 0.1) is 12.1 Å². The lowest BCUT2D eigenvalue weighted by Crippen LogP contribution is -2.20. The fourth-order valence-corrected chi connectivity index (χ4v) is 1.77. The zero-order valence-corrected chi connectivity index (χ0v) is 12.5. The van der Waals surface area contributed by atoms with E-state index in [0.717, 1.165) is 11.1 Å². The van der Waals surface area contributed by atoms with E-state index in [-0.39, 0.29) is 12.6 Å². The topological polar surface area (TPSA) is 87.6 Å². The Morgan fingerprint density at radius 3 is 2.65 bits per heavy atom. The van der Waals surface area contributed by atoms with E-state index in [1.54, 1.807) is 12.1 Å². The van der Waals surface area contributed by atoms with Gasteiger partial charge >= 0.3 is 0 Å². The number of carbonyl (C=O) groups is 1. The van der Waals surface area contributed by atoms with Crippen molar-refractivity contribution in [3.05, 3.63) is 28.3 Å². The van der Waals surface area contributed by atoms with E-state index in [4.69, 9.17) is 32.5 Å². The monoisotopic (exact) mass is 298 g/mol. The molecule has 1 aromatic carbocycles. The van der Waals surface area contributed by atoms with Crippen LogP contribution in [0.4, 0.5) is 0 Å². The Labute approximate surface area is 123 Å². The minimum atomic E-state index is -0.583. The van der Waals surface area contributed by atoms with Crippen LogP contribution in [-0.4, -0.2) is 25.7 Å². The highest BCUT2D eigenvalue weighted by Gasteiger charge is 2.12. The van der Waals surface area contributed by atoms with E-state index >= 15 is 0 Å². The van der Waals surface area contributed by atoms with Crippen molar-refractivity contribution >= 4 is 23.6 Å². The zero-order valence-electron chi connectivity index (χ0n) is 11.8. The molecule has 1 rings (SSSR count). The van der Waals surface area contributed by atoms with E-state index in [2.05, 4.69) is 0 Å². The minimum Gasteiger partial charge on any atom is -0.493 e. The highest BCUT2D eigenvalue weighted by atomic mass is 35.5. The SMILES string of the molecule is COc1cc(/C=C(/C)C(C)N)cc(Cl)c1OCC(N)=O. The van der Waals surface area contributed by atoms with E-state index in [1.807, 2.05) is 19.9 Å². The van der Waals surface area contributed by atoms with Gasteiger partial charge in [0.2, 0.25) is 0 Å². The zero-order chi connectivity index (χ0) is 15.3. The van der Waals surface area contributed by atoms with Gasteiger partial charge in [0.1, 0.15) is 0 Å². The number of carbonyl (C=O) groups excluding carboxylic acids is 1. The van der Waals surface area contributed by atoms with Gasteiger partial charge in [-0.3, -0.25) is 4.79 Å². The lowest BCUT2D eigenvalue weighted by molar-refractivity contribution is -0.119. The van der Waals surface area contributed by atoms with Crippen LogP contribution in [-0.2, 0) is 4.79 Å². The van der Waals surface area contributed by atoms with Crippen molar-refractivity contribution in [3.8, 4) is 11.5 Å². The van der Waals surface area contributed by atoms with Crippen LogP contribution in [0.3, 0.4) is 0 Å². The van der Waals surface area contributed by atoms with Crippen molar-refractivity contribution in [1.29, 1.82) is 0 Å². The summed E-state index contributed by atoms with van der Waals surface area (Å²) in [5.74, 6) is 0.144. The summed E-state index contributed by atoms with van der Waals surface area (Å²) in [4.78, 5) is 10.8. The molecule has 1 atom stereocenters. The van der Waals surface area contributed by atoms with Crippen molar-refractivity contribution in [1.82, 2.24) is 0 Å². The lowest BCUT2D eigenvalue weighted by Gasteiger charge is -2.13. The lowest BCUT2D eigenvalue weighted by atomic mass is 10.1. The largest absolute Gasteiger partial charge is 0.493 e. The van der Waals surface area contributed by atoms with E-state index in [1.165, 1.54) is 7.11 Å². The third-order valence-electron chi connectivity index (χ3n) is 2.72. The second kappa shape index (κ2) is 7.17. The van der Waals surface area contributed by atoms with Gasteiger partial charge in [0, 0.05) is 6.04 Å². The summed E-state index contributed by atoms with van der Waals surface area (Å²) in [6, 6.07) is 3.42. The summed E-state index contributed by atoms with van der Waals surface area (Å²) in [5, 5.41) is 0.342. The van der Waals surface area contributed by atoms with Crippen LogP contribution in [0, 0.1) is 0 Å². The van der Waals surface area contributed by atoms with Gasteiger partial charge in [0.15, 0.2) is 18.1 Å². The molecule has 0 aromatic heterocycles. The predicted molar refractivity (Wildman–Crippen MR) is 80.0 cm³/mol. The molecule has 0 bridgehead atoms. The highest BCUT2D eigenvalue weighted by molar-refractivity contribution is 6.32. The summed E-state index contributed by atoms with van der Waals surface area (Å²) in [7, 11) is 1.49. The first-order chi connectivity index (χ1) is 9.35. The average molecular weight is 299 g/mol. The molecule has 0 aliphatic heterocycles. The fourth-order valence-electron chi connectivity index (χ4n) is 1.50. The summed E-state index contributed by atoms with van der Waals surface area (Å²) < 4.78 is 10.5. The first-order valence-corrected chi connectivity index (χ1v) is 6.45. The molecule has 0 radical (unpaired) electrons. The van der Waals surface area contributed by atoms with Gasteiger partial charge in [-0.2, -0.15) is 0 Å².